The first kappa shape index (κ1) is 21.7. The highest BCUT2D eigenvalue weighted by molar-refractivity contribution is 6.13. The van der Waals surface area contributed by atoms with Gasteiger partial charge in [0.15, 0.2) is 0 Å². The first-order valence-corrected chi connectivity index (χ1v) is 11.1. The zero-order chi connectivity index (χ0) is 23.8. The number of carbonyl (C=O) groups excluding carboxylic acids is 1. The Bertz CT molecular complexity index is 1480. The topological polar surface area (TPSA) is 107 Å². The number of aromatic amines is 2. The van der Waals surface area contributed by atoms with Gasteiger partial charge < -0.3 is 25.5 Å². The normalized spacial score (nSPS) is 11.5. The van der Waals surface area contributed by atoms with E-state index in [-0.39, 0.29) is 0 Å². The monoisotopic (exact) mass is 453 g/mol. The highest BCUT2D eigenvalue weighted by Crippen LogP contribution is 2.36. The molecule has 0 atom stereocenters. The number of hydrogen-bond acceptors (Lipinski definition) is 5. The number of nitrogens with two attached hydrogens (primary N) is 1. The molecule has 0 aliphatic heterocycles. The molecule has 0 aliphatic carbocycles. The van der Waals surface area contributed by atoms with E-state index in [1.165, 1.54) is 0 Å². The predicted octanol–water partition coefficient (Wildman–Crippen LogP) is 3.87. The summed E-state index contributed by atoms with van der Waals surface area (Å²) in [7, 11) is 6.02. The lowest BCUT2D eigenvalue weighted by molar-refractivity contribution is 0.100. The first-order chi connectivity index (χ1) is 16.4. The maximum Gasteiger partial charge on any atom is 0.253 e. The number of likely N-dealkylation sites (N-methyl/N-ethyl adjacent to an activating group) is 2. The van der Waals surface area contributed by atoms with Gasteiger partial charge in [0.05, 0.1) is 39.6 Å². The Labute approximate surface area is 197 Å². The van der Waals surface area contributed by atoms with E-state index in [9.17, 15) is 4.79 Å². The lowest BCUT2D eigenvalue weighted by atomic mass is 9.98. The molecule has 172 valence electrons. The summed E-state index contributed by atoms with van der Waals surface area (Å²) in [4.78, 5) is 32.5. The number of rotatable bonds is 7. The van der Waals surface area contributed by atoms with Gasteiger partial charge in [-0.2, -0.15) is 0 Å². The van der Waals surface area contributed by atoms with Crippen molar-refractivity contribution in [1.29, 1.82) is 0 Å². The number of amides is 1. The number of anilines is 1. The molecule has 0 saturated heterocycles. The van der Waals surface area contributed by atoms with Crippen LogP contribution in [0.25, 0.3) is 44.6 Å². The molecule has 2 heterocycles. The van der Waals surface area contributed by atoms with Gasteiger partial charge in [-0.1, -0.05) is 36.4 Å². The molecular weight excluding hydrogens is 426 g/mol. The van der Waals surface area contributed by atoms with Crippen molar-refractivity contribution in [1.82, 2.24) is 24.8 Å². The van der Waals surface area contributed by atoms with Crippen LogP contribution in [0.15, 0.2) is 60.9 Å². The van der Waals surface area contributed by atoms with Crippen LogP contribution in [0, 0.1) is 0 Å². The summed E-state index contributed by atoms with van der Waals surface area (Å²) in [5.41, 5.74) is 13.1. The van der Waals surface area contributed by atoms with Gasteiger partial charge >= 0.3 is 0 Å². The fourth-order valence-electron chi connectivity index (χ4n) is 4.25. The third kappa shape index (κ3) is 3.88. The van der Waals surface area contributed by atoms with Crippen LogP contribution in [0.3, 0.4) is 0 Å². The van der Waals surface area contributed by atoms with Crippen LogP contribution in [0.4, 0.5) is 5.69 Å². The predicted molar refractivity (Wildman–Crippen MR) is 137 cm³/mol. The van der Waals surface area contributed by atoms with Crippen LogP contribution in [0.1, 0.15) is 10.4 Å². The number of benzene rings is 3. The van der Waals surface area contributed by atoms with Crippen molar-refractivity contribution in [3.05, 3.63) is 66.5 Å². The van der Waals surface area contributed by atoms with E-state index in [1.54, 1.807) is 6.33 Å². The third-order valence-corrected chi connectivity index (χ3v) is 6.06. The van der Waals surface area contributed by atoms with Gasteiger partial charge in [-0.15, -0.1) is 0 Å². The molecule has 3 aromatic carbocycles. The van der Waals surface area contributed by atoms with E-state index < -0.39 is 5.91 Å². The Balaban J connectivity index is 1.65. The zero-order valence-electron chi connectivity index (χ0n) is 19.5. The SMILES string of the molecule is CN(C)CCN(C)c1cc(-c2ccc3nc(-c4ccccc4)[nH]c3c2)c2nc[nH]c2c1C(N)=O. The molecule has 2 aromatic heterocycles. The van der Waals surface area contributed by atoms with E-state index >= 15 is 0 Å². The molecular formula is C26H27N7O. The molecule has 0 aliphatic rings. The Morgan fingerprint density at radius 2 is 1.79 bits per heavy atom. The number of H-pyrrole nitrogens is 2. The average molecular weight is 454 g/mol. The summed E-state index contributed by atoms with van der Waals surface area (Å²) in [5, 5.41) is 0. The average Bonchev–Trinajstić information content (AvgIpc) is 3.48. The Morgan fingerprint density at radius 3 is 2.53 bits per heavy atom. The zero-order valence-corrected chi connectivity index (χ0v) is 19.5. The van der Waals surface area contributed by atoms with Crippen molar-refractivity contribution in [2.24, 2.45) is 5.73 Å². The minimum absolute atomic E-state index is 0.450. The van der Waals surface area contributed by atoms with Crippen molar-refractivity contribution in [3.8, 4) is 22.5 Å². The van der Waals surface area contributed by atoms with E-state index in [4.69, 9.17) is 10.7 Å². The summed E-state index contributed by atoms with van der Waals surface area (Å²) < 4.78 is 0. The molecule has 0 radical (unpaired) electrons. The molecule has 0 unspecified atom stereocenters. The van der Waals surface area contributed by atoms with Crippen LogP contribution in [-0.2, 0) is 0 Å². The van der Waals surface area contributed by atoms with Crippen molar-refractivity contribution in [2.45, 2.75) is 0 Å². The van der Waals surface area contributed by atoms with Crippen LogP contribution in [0.5, 0.6) is 0 Å². The fourth-order valence-corrected chi connectivity index (χ4v) is 4.25. The summed E-state index contributed by atoms with van der Waals surface area (Å²) in [6.07, 6.45) is 1.60. The molecule has 34 heavy (non-hydrogen) atoms. The van der Waals surface area contributed by atoms with Gasteiger partial charge in [-0.25, -0.2) is 9.97 Å². The van der Waals surface area contributed by atoms with Crippen LogP contribution in [-0.4, -0.2) is 65.0 Å². The van der Waals surface area contributed by atoms with E-state index in [1.807, 2.05) is 69.7 Å². The molecule has 4 N–H and O–H groups in total. The number of hydrogen-bond donors (Lipinski definition) is 3. The largest absolute Gasteiger partial charge is 0.373 e. The van der Waals surface area contributed by atoms with E-state index in [2.05, 4.69) is 30.8 Å². The maximum absolute atomic E-state index is 12.5. The number of nitrogens with one attached hydrogen (secondary N) is 2. The standard InChI is InChI=1S/C26H27N7O/c1-32(2)11-12-33(3)21-14-18(23-24(29-15-28-23)22(21)25(27)34)17-9-10-19-20(13-17)31-26(30-19)16-7-5-4-6-8-16/h4-10,13-15H,11-12H2,1-3H3,(H2,27,34)(H,28,29)(H,30,31). The van der Waals surface area contributed by atoms with Gasteiger partial charge in [-0.3, -0.25) is 4.79 Å². The highest BCUT2D eigenvalue weighted by Gasteiger charge is 2.22. The molecule has 0 saturated carbocycles. The summed E-state index contributed by atoms with van der Waals surface area (Å²) >= 11 is 0. The van der Waals surface area contributed by atoms with Gasteiger partial charge in [-0.05, 0) is 37.9 Å². The molecule has 5 aromatic rings. The molecule has 0 fully saturated rings. The van der Waals surface area contributed by atoms with Crippen molar-refractivity contribution in [3.63, 3.8) is 0 Å². The number of imidazole rings is 2. The summed E-state index contributed by atoms with van der Waals surface area (Å²) in [5.74, 6) is 0.342. The first-order valence-electron chi connectivity index (χ1n) is 11.1. The van der Waals surface area contributed by atoms with Gasteiger partial charge in [0, 0.05) is 31.3 Å². The Morgan fingerprint density at radius 1 is 1.00 bits per heavy atom. The van der Waals surface area contributed by atoms with Crippen LogP contribution in [0.2, 0.25) is 0 Å². The van der Waals surface area contributed by atoms with Crippen LogP contribution < -0.4 is 10.6 Å². The molecule has 8 nitrogen and oxygen atoms in total. The number of nitrogens with zero attached hydrogens (tertiary/aromatic N) is 4. The van der Waals surface area contributed by atoms with Crippen molar-refractivity contribution < 1.29 is 4.79 Å². The number of primary amides is 1. The maximum atomic E-state index is 12.5. The van der Waals surface area contributed by atoms with E-state index in [0.29, 0.717) is 16.6 Å². The third-order valence-electron chi connectivity index (χ3n) is 6.06. The second-order valence-corrected chi connectivity index (χ2v) is 8.72. The van der Waals surface area contributed by atoms with Gasteiger partial charge in [0.1, 0.15) is 5.82 Å². The minimum atomic E-state index is -0.482. The van der Waals surface area contributed by atoms with Crippen molar-refractivity contribution >= 4 is 33.7 Å². The number of carbonyl (C=O) groups is 1. The van der Waals surface area contributed by atoms with Crippen molar-refractivity contribution in [2.75, 3.05) is 39.1 Å². The fraction of sp³-hybridized carbons (Fsp3) is 0.192. The minimum Gasteiger partial charge on any atom is -0.373 e. The second-order valence-electron chi connectivity index (χ2n) is 8.72. The molecule has 8 heteroatoms. The second kappa shape index (κ2) is 8.64. The quantitative estimate of drug-likeness (QED) is 0.347. The molecule has 1 amide bonds. The lowest BCUT2D eigenvalue weighted by Gasteiger charge is -2.24. The van der Waals surface area contributed by atoms with Crippen LogP contribution >= 0.6 is 0 Å². The Kier molecular flexibility index (Phi) is 5.51. The molecule has 0 spiro atoms. The smallest absolute Gasteiger partial charge is 0.253 e. The number of aromatic nitrogens is 4. The van der Waals surface area contributed by atoms with Gasteiger partial charge in [0.2, 0.25) is 0 Å². The summed E-state index contributed by atoms with van der Waals surface area (Å²) in [6.45, 7) is 1.58. The molecule has 0 bridgehead atoms. The van der Waals surface area contributed by atoms with E-state index in [0.717, 1.165) is 52.3 Å². The number of fused-ring (bicyclic) bond motifs is 2. The lowest BCUT2D eigenvalue weighted by Crippen LogP contribution is -2.30. The highest BCUT2D eigenvalue weighted by atomic mass is 16.1. The molecule has 5 rings (SSSR count). The summed E-state index contributed by atoms with van der Waals surface area (Å²) in [6, 6.07) is 18.2. The Hall–Kier alpha value is -4.17. The van der Waals surface area contributed by atoms with Gasteiger partial charge in [0.25, 0.3) is 5.91 Å².